The fourth-order valence-corrected chi connectivity index (χ4v) is 1.26. The topological polar surface area (TPSA) is 20.3 Å². The summed E-state index contributed by atoms with van der Waals surface area (Å²) in [5.74, 6) is 5.99. The van der Waals surface area contributed by atoms with Gasteiger partial charge in [0.15, 0.2) is 0 Å². The molecule has 0 unspecified atom stereocenters. The molecular weight excluding hydrogens is 198 g/mol. The van der Waals surface area contributed by atoms with Crippen LogP contribution in [0.5, 0.6) is 0 Å². The van der Waals surface area contributed by atoms with Crippen LogP contribution in [0.3, 0.4) is 0 Å². The number of nitrogens with zero attached hydrogens (tertiary/aromatic N) is 1. The van der Waals surface area contributed by atoms with Crippen LogP contribution in [0.25, 0.3) is 0 Å². The lowest BCUT2D eigenvalue weighted by Gasteiger charge is -2.10. The molecule has 83 valence electrons. The van der Waals surface area contributed by atoms with Crippen molar-refractivity contribution in [2.75, 3.05) is 13.1 Å². The molecule has 16 heavy (non-hydrogen) atoms. The van der Waals surface area contributed by atoms with Crippen LogP contribution in [0.4, 0.5) is 0 Å². The van der Waals surface area contributed by atoms with Crippen molar-refractivity contribution in [2.45, 2.75) is 19.8 Å². The van der Waals surface area contributed by atoms with Crippen molar-refractivity contribution in [3.05, 3.63) is 35.9 Å². The maximum absolute atomic E-state index is 10.6. The van der Waals surface area contributed by atoms with Gasteiger partial charge in [0.25, 0.3) is 0 Å². The number of rotatable bonds is 5. The second-order valence-corrected chi connectivity index (χ2v) is 3.53. The second kappa shape index (κ2) is 7.53. The third-order valence-corrected chi connectivity index (χ3v) is 2.19. The van der Waals surface area contributed by atoms with Gasteiger partial charge in [-0.2, -0.15) is 0 Å². The van der Waals surface area contributed by atoms with Gasteiger partial charge in [0.1, 0.15) is 0 Å². The Balaban J connectivity index is 2.43. The molecule has 0 aliphatic carbocycles. The summed E-state index contributed by atoms with van der Waals surface area (Å²) >= 11 is 0. The standard InChI is InChI=1S/C14H16NO/c1-2-3-11-15(13-16)12-7-10-14-8-5-4-6-9-14/h4-6,8-9H,2-3,11-12H2,1H3. The third kappa shape index (κ3) is 4.65. The fourth-order valence-electron chi connectivity index (χ4n) is 1.26. The number of hydrogen-bond acceptors (Lipinski definition) is 1. The van der Waals surface area contributed by atoms with Crippen molar-refractivity contribution in [1.82, 2.24) is 4.90 Å². The van der Waals surface area contributed by atoms with Crippen LogP contribution in [0.2, 0.25) is 0 Å². The van der Waals surface area contributed by atoms with E-state index in [4.69, 9.17) is 0 Å². The zero-order valence-corrected chi connectivity index (χ0v) is 9.57. The van der Waals surface area contributed by atoms with Crippen molar-refractivity contribution in [3.63, 3.8) is 0 Å². The Bertz CT molecular complexity index is 361. The number of unbranched alkanes of at least 4 members (excludes halogenated alkanes) is 1. The van der Waals surface area contributed by atoms with Gasteiger partial charge >= 0.3 is 6.41 Å². The molecule has 0 fully saturated rings. The van der Waals surface area contributed by atoms with Crippen molar-refractivity contribution >= 4 is 6.41 Å². The van der Waals surface area contributed by atoms with Gasteiger partial charge in [0.05, 0.1) is 6.54 Å². The maximum atomic E-state index is 10.6. The monoisotopic (exact) mass is 214 g/mol. The van der Waals surface area contributed by atoms with E-state index in [1.807, 2.05) is 36.7 Å². The highest BCUT2D eigenvalue weighted by atomic mass is 16.1. The van der Waals surface area contributed by atoms with Crippen molar-refractivity contribution in [1.29, 1.82) is 0 Å². The van der Waals surface area contributed by atoms with E-state index in [1.165, 1.54) is 0 Å². The molecule has 0 saturated carbocycles. The molecule has 1 aromatic carbocycles. The Hall–Kier alpha value is -1.75. The highest BCUT2D eigenvalue weighted by Gasteiger charge is 1.97. The zero-order chi connectivity index (χ0) is 11.6. The van der Waals surface area contributed by atoms with E-state index >= 15 is 0 Å². The Morgan fingerprint density at radius 1 is 1.25 bits per heavy atom. The normalized spacial score (nSPS) is 9.06. The minimum absolute atomic E-state index is 0.457. The van der Waals surface area contributed by atoms with Crippen molar-refractivity contribution in [3.8, 4) is 11.8 Å². The van der Waals surface area contributed by atoms with Crippen LogP contribution < -0.4 is 0 Å². The quantitative estimate of drug-likeness (QED) is 0.543. The van der Waals surface area contributed by atoms with Crippen LogP contribution in [0.1, 0.15) is 25.3 Å². The molecule has 0 aliphatic heterocycles. The molecule has 0 saturated heterocycles. The van der Waals surface area contributed by atoms with Gasteiger partial charge in [0, 0.05) is 12.1 Å². The van der Waals surface area contributed by atoms with E-state index in [0.29, 0.717) is 6.54 Å². The summed E-state index contributed by atoms with van der Waals surface area (Å²) in [5.41, 5.74) is 0.976. The van der Waals surface area contributed by atoms with Gasteiger partial charge in [-0.1, -0.05) is 43.4 Å². The molecule has 0 aliphatic rings. The van der Waals surface area contributed by atoms with Crippen LogP contribution >= 0.6 is 0 Å². The van der Waals surface area contributed by atoms with Crippen LogP contribution in [0.15, 0.2) is 30.3 Å². The summed E-state index contributed by atoms with van der Waals surface area (Å²) in [6, 6.07) is 9.76. The molecule has 1 rings (SSSR count). The number of benzene rings is 1. The van der Waals surface area contributed by atoms with Gasteiger partial charge in [-0.25, -0.2) is 0 Å². The molecule has 0 spiro atoms. The number of carbonyl (C=O) groups excluding carboxylic acids is 1. The molecule has 2 heteroatoms. The predicted molar refractivity (Wildman–Crippen MR) is 65.5 cm³/mol. The lowest BCUT2D eigenvalue weighted by atomic mass is 10.2. The second-order valence-electron chi connectivity index (χ2n) is 3.53. The van der Waals surface area contributed by atoms with E-state index < -0.39 is 0 Å². The summed E-state index contributed by atoms with van der Waals surface area (Å²) in [6.07, 6.45) is 3.98. The molecule has 0 bridgehead atoms. The van der Waals surface area contributed by atoms with E-state index in [-0.39, 0.29) is 0 Å². The van der Waals surface area contributed by atoms with Crippen molar-refractivity contribution < 1.29 is 4.79 Å². The first-order chi connectivity index (χ1) is 7.86. The Morgan fingerprint density at radius 3 is 2.62 bits per heavy atom. The number of hydrogen-bond donors (Lipinski definition) is 0. The number of amides is 1. The molecule has 1 radical (unpaired) electrons. The predicted octanol–water partition coefficient (Wildman–Crippen LogP) is 2.21. The Morgan fingerprint density at radius 2 is 2.00 bits per heavy atom. The molecule has 1 aromatic rings. The minimum Gasteiger partial charge on any atom is -0.323 e. The lowest BCUT2D eigenvalue weighted by Crippen LogP contribution is -2.23. The highest BCUT2D eigenvalue weighted by Crippen LogP contribution is 1.95. The average molecular weight is 214 g/mol. The van der Waals surface area contributed by atoms with Crippen LogP contribution in [0, 0.1) is 11.8 Å². The smallest absolute Gasteiger partial charge is 0.312 e. The fraction of sp³-hybridized carbons (Fsp3) is 0.357. The van der Waals surface area contributed by atoms with Crippen molar-refractivity contribution in [2.24, 2.45) is 0 Å². The molecule has 1 amide bonds. The third-order valence-electron chi connectivity index (χ3n) is 2.19. The molecule has 0 N–H and O–H groups in total. The van der Waals surface area contributed by atoms with E-state index in [1.54, 1.807) is 4.90 Å². The van der Waals surface area contributed by atoms with Gasteiger partial charge in [-0.05, 0) is 18.6 Å². The summed E-state index contributed by atoms with van der Waals surface area (Å²) in [6.45, 7) is 3.29. The minimum atomic E-state index is 0.457. The average Bonchev–Trinajstić information content (AvgIpc) is 2.35. The van der Waals surface area contributed by atoms with E-state index in [2.05, 4.69) is 18.8 Å². The molecule has 0 heterocycles. The molecule has 2 nitrogen and oxygen atoms in total. The van der Waals surface area contributed by atoms with E-state index in [0.717, 1.165) is 24.9 Å². The highest BCUT2D eigenvalue weighted by molar-refractivity contribution is 5.49. The Labute approximate surface area is 97.3 Å². The van der Waals surface area contributed by atoms with Crippen LogP contribution in [-0.2, 0) is 4.79 Å². The summed E-state index contributed by atoms with van der Waals surface area (Å²) in [4.78, 5) is 12.2. The van der Waals surface area contributed by atoms with Gasteiger partial charge in [0.2, 0.25) is 0 Å². The zero-order valence-electron chi connectivity index (χ0n) is 9.57. The Kier molecular flexibility index (Phi) is 5.80. The lowest BCUT2D eigenvalue weighted by molar-refractivity contribution is 0.404. The van der Waals surface area contributed by atoms with Crippen LogP contribution in [-0.4, -0.2) is 24.4 Å². The summed E-state index contributed by atoms with van der Waals surface area (Å²) in [5, 5.41) is 0. The molecule has 0 atom stereocenters. The SMILES string of the molecule is CCCCN([C]=O)CC#Cc1ccccc1. The first-order valence-corrected chi connectivity index (χ1v) is 5.53. The summed E-state index contributed by atoms with van der Waals surface area (Å²) in [7, 11) is 0. The van der Waals surface area contributed by atoms with Gasteiger partial charge < -0.3 is 4.90 Å². The van der Waals surface area contributed by atoms with Gasteiger partial charge in [-0.3, -0.25) is 4.79 Å². The first-order valence-electron chi connectivity index (χ1n) is 5.53. The summed E-state index contributed by atoms with van der Waals surface area (Å²) < 4.78 is 0. The largest absolute Gasteiger partial charge is 0.323 e. The maximum Gasteiger partial charge on any atom is 0.312 e. The molecule has 0 aromatic heterocycles. The molecular formula is C14H16NO. The first kappa shape index (κ1) is 12.3. The van der Waals surface area contributed by atoms with Gasteiger partial charge in [-0.15, -0.1) is 0 Å². The van der Waals surface area contributed by atoms with E-state index in [9.17, 15) is 4.79 Å².